The SMILES string of the molecule is C=C(CNC(C)C)CN1C(=O)CSC1=O. The summed E-state index contributed by atoms with van der Waals surface area (Å²) in [5.74, 6) is 0.152. The highest BCUT2D eigenvalue weighted by molar-refractivity contribution is 8.14. The minimum Gasteiger partial charge on any atom is -0.311 e. The summed E-state index contributed by atoms with van der Waals surface area (Å²) in [6.07, 6.45) is 0. The molecule has 15 heavy (non-hydrogen) atoms. The molecule has 0 bridgehead atoms. The van der Waals surface area contributed by atoms with Crippen LogP contribution in [0, 0.1) is 0 Å². The molecule has 2 amide bonds. The first-order valence-electron chi connectivity index (χ1n) is 4.88. The molecule has 0 aromatic carbocycles. The maximum Gasteiger partial charge on any atom is 0.289 e. The Bertz CT molecular complexity index is 273. The number of thioether (sulfide) groups is 1. The molecule has 0 aliphatic carbocycles. The lowest BCUT2D eigenvalue weighted by molar-refractivity contribution is -0.124. The van der Waals surface area contributed by atoms with E-state index in [4.69, 9.17) is 0 Å². The van der Waals surface area contributed by atoms with Crippen LogP contribution in [0.1, 0.15) is 13.8 Å². The maximum atomic E-state index is 11.3. The standard InChI is InChI=1S/C10H16N2O2S/c1-7(2)11-4-8(3)5-12-9(13)6-15-10(12)14/h7,11H,3-6H2,1-2H3. The van der Waals surface area contributed by atoms with Crippen molar-refractivity contribution in [3.63, 3.8) is 0 Å². The average Bonchev–Trinajstić information content (AvgIpc) is 2.46. The number of imide groups is 1. The third-order valence-corrected chi connectivity index (χ3v) is 2.84. The predicted molar refractivity (Wildman–Crippen MR) is 61.8 cm³/mol. The number of carbonyl (C=O) groups excluding carboxylic acids is 2. The molecule has 1 aliphatic heterocycles. The summed E-state index contributed by atoms with van der Waals surface area (Å²) >= 11 is 1.06. The van der Waals surface area contributed by atoms with Gasteiger partial charge >= 0.3 is 0 Å². The van der Waals surface area contributed by atoms with Gasteiger partial charge in [0, 0.05) is 12.6 Å². The minimum atomic E-state index is -0.161. The van der Waals surface area contributed by atoms with Crippen molar-refractivity contribution < 1.29 is 9.59 Å². The van der Waals surface area contributed by atoms with Gasteiger partial charge in [-0.2, -0.15) is 0 Å². The Kier molecular flexibility index (Phi) is 4.35. The van der Waals surface area contributed by atoms with Crippen LogP contribution < -0.4 is 5.32 Å². The number of carbonyl (C=O) groups is 2. The van der Waals surface area contributed by atoms with E-state index in [0.29, 0.717) is 19.1 Å². The quantitative estimate of drug-likeness (QED) is 0.719. The van der Waals surface area contributed by atoms with E-state index >= 15 is 0 Å². The highest BCUT2D eigenvalue weighted by Gasteiger charge is 2.29. The smallest absolute Gasteiger partial charge is 0.289 e. The summed E-state index contributed by atoms with van der Waals surface area (Å²) in [5, 5.41) is 3.03. The van der Waals surface area contributed by atoms with Crippen molar-refractivity contribution >= 4 is 22.9 Å². The Morgan fingerprint density at radius 1 is 1.60 bits per heavy atom. The van der Waals surface area contributed by atoms with Gasteiger partial charge in [-0.05, 0) is 5.57 Å². The molecule has 0 aromatic heterocycles. The largest absolute Gasteiger partial charge is 0.311 e. The van der Waals surface area contributed by atoms with E-state index in [0.717, 1.165) is 17.3 Å². The lowest BCUT2D eigenvalue weighted by atomic mass is 10.2. The van der Waals surface area contributed by atoms with Crippen LogP contribution in [0.5, 0.6) is 0 Å². The maximum absolute atomic E-state index is 11.3. The average molecular weight is 228 g/mol. The van der Waals surface area contributed by atoms with E-state index in [1.165, 1.54) is 4.90 Å². The number of rotatable bonds is 5. The van der Waals surface area contributed by atoms with E-state index in [1.807, 2.05) is 13.8 Å². The van der Waals surface area contributed by atoms with Crippen molar-refractivity contribution in [2.24, 2.45) is 0 Å². The zero-order chi connectivity index (χ0) is 11.4. The number of hydrogen-bond donors (Lipinski definition) is 1. The summed E-state index contributed by atoms with van der Waals surface area (Å²) in [4.78, 5) is 23.8. The van der Waals surface area contributed by atoms with Gasteiger partial charge in [0.2, 0.25) is 5.91 Å². The van der Waals surface area contributed by atoms with Crippen LogP contribution in [0.25, 0.3) is 0 Å². The van der Waals surface area contributed by atoms with Gasteiger partial charge in [-0.15, -0.1) is 0 Å². The first-order valence-corrected chi connectivity index (χ1v) is 5.86. The predicted octanol–water partition coefficient (Wildman–Crippen LogP) is 1.24. The van der Waals surface area contributed by atoms with E-state index in [9.17, 15) is 9.59 Å². The Hall–Kier alpha value is -0.810. The molecular formula is C10H16N2O2S. The Morgan fingerprint density at radius 3 is 2.73 bits per heavy atom. The molecule has 84 valence electrons. The van der Waals surface area contributed by atoms with E-state index in [2.05, 4.69) is 11.9 Å². The van der Waals surface area contributed by atoms with Gasteiger partial charge in [-0.3, -0.25) is 14.5 Å². The number of hydrogen-bond acceptors (Lipinski definition) is 4. The van der Waals surface area contributed by atoms with E-state index < -0.39 is 0 Å². The molecule has 4 nitrogen and oxygen atoms in total. The highest BCUT2D eigenvalue weighted by Crippen LogP contribution is 2.19. The van der Waals surface area contributed by atoms with Crippen LogP contribution in [0.3, 0.4) is 0 Å². The Morgan fingerprint density at radius 2 is 2.27 bits per heavy atom. The van der Waals surface area contributed by atoms with Gasteiger partial charge in [-0.1, -0.05) is 32.2 Å². The zero-order valence-corrected chi connectivity index (χ0v) is 9.89. The van der Waals surface area contributed by atoms with Crippen molar-refractivity contribution in [1.29, 1.82) is 0 Å². The second kappa shape index (κ2) is 5.32. The van der Waals surface area contributed by atoms with Crippen molar-refractivity contribution in [1.82, 2.24) is 10.2 Å². The molecule has 0 aromatic rings. The molecule has 0 saturated carbocycles. The highest BCUT2D eigenvalue weighted by atomic mass is 32.2. The number of amides is 2. The lowest BCUT2D eigenvalue weighted by Crippen LogP contribution is -2.34. The number of nitrogens with zero attached hydrogens (tertiary/aromatic N) is 1. The molecule has 0 atom stereocenters. The second-order valence-electron chi connectivity index (χ2n) is 3.82. The molecule has 0 spiro atoms. The third kappa shape index (κ3) is 3.68. The fourth-order valence-electron chi connectivity index (χ4n) is 1.16. The van der Waals surface area contributed by atoms with Gasteiger partial charge in [0.05, 0.1) is 12.3 Å². The summed E-state index contributed by atoms with van der Waals surface area (Å²) in [5.41, 5.74) is 0.855. The number of nitrogens with one attached hydrogen (secondary N) is 1. The molecular weight excluding hydrogens is 212 g/mol. The first kappa shape index (κ1) is 12.3. The van der Waals surface area contributed by atoms with Crippen LogP contribution in [0.4, 0.5) is 4.79 Å². The monoisotopic (exact) mass is 228 g/mol. The zero-order valence-electron chi connectivity index (χ0n) is 9.08. The van der Waals surface area contributed by atoms with Gasteiger partial charge < -0.3 is 5.32 Å². The van der Waals surface area contributed by atoms with Crippen LogP contribution in [0.15, 0.2) is 12.2 Å². The Balaban J connectivity index is 2.37. The summed E-state index contributed by atoms with van der Waals surface area (Å²) in [7, 11) is 0. The summed E-state index contributed by atoms with van der Waals surface area (Å²) < 4.78 is 0. The molecule has 0 radical (unpaired) electrons. The first-order chi connectivity index (χ1) is 7.00. The molecule has 1 fully saturated rings. The summed E-state index contributed by atoms with van der Waals surface area (Å²) in [6.45, 7) is 8.89. The van der Waals surface area contributed by atoms with Gasteiger partial charge in [0.25, 0.3) is 5.24 Å². The molecule has 1 heterocycles. The lowest BCUT2D eigenvalue weighted by Gasteiger charge is -2.16. The summed E-state index contributed by atoms with van der Waals surface area (Å²) in [6, 6.07) is 0.376. The van der Waals surface area contributed by atoms with Crippen molar-refractivity contribution in [2.45, 2.75) is 19.9 Å². The molecule has 1 rings (SSSR count). The van der Waals surface area contributed by atoms with Crippen LogP contribution in [-0.4, -0.2) is 40.9 Å². The van der Waals surface area contributed by atoms with Crippen LogP contribution >= 0.6 is 11.8 Å². The fraction of sp³-hybridized carbons (Fsp3) is 0.600. The molecule has 0 unspecified atom stereocenters. The van der Waals surface area contributed by atoms with Crippen molar-refractivity contribution in [3.8, 4) is 0 Å². The molecule has 1 aliphatic rings. The van der Waals surface area contributed by atoms with Crippen LogP contribution in [-0.2, 0) is 4.79 Å². The van der Waals surface area contributed by atoms with Crippen molar-refractivity contribution in [3.05, 3.63) is 12.2 Å². The minimum absolute atomic E-state index is 0.115. The van der Waals surface area contributed by atoms with Gasteiger partial charge in [0.15, 0.2) is 0 Å². The van der Waals surface area contributed by atoms with E-state index in [-0.39, 0.29) is 16.9 Å². The van der Waals surface area contributed by atoms with E-state index in [1.54, 1.807) is 0 Å². The normalized spacial score (nSPS) is 16.6. The van der Waals surface area contributed by atoms with Crippen molar-refractivity contribution in [2.75, 3.05) is 18.8 Å². The Labute approximate surface area is 94.1 Å². The molecule has 5 heteroatoms. The second-order valence-corrected chi connectivity index (χ2v) is 4.75. The molecule has 1 saturated heterocycles. The van der Waals surface area contributed by atoms with Gasteiger partial charge in [0.1, 0.15) is 0 Å². The molecule has 1 N–H and O–H groups in total. The van der Waals surface area contributed by atoms with Gasteiger partial charge in [-0.25, -0.2) is 0 Å². The fourth-order valence-corrected chi connectivity index (χ4v) is 1.89. The van der Waals surface area contributed by atoms with Crippen LogP contribution in [0.2, 0.25) is 0 Å². The topological polar surface area (TPSA) is 49.4 Å². The third-order valence-electron chi connectivity index (χ3n) is 1.98.